The lowest BCUT2D eigenvalue weighted by Crippen LogP contribution is -2.32. The second kappa shape index (κ2) is 12.9. The normalized spacial score (nSPS) is 12.9. The smallest absolute Gasteiger partial charge is 0.160 e. The summed E-state index contributed by atoms with van der Waals surface area (Å²) < 4.78 is 7.04. The van der Waals surface area contributed by atoms with E-state index in [9.17, 15) is 0 Å². The molecule has 0 fully saturated rings. The van der Waals surface area contributed by atoms with Gasteiger partial charge in [0.25, 0.3) is 0 Å². The number of hydrogen-bond acceptors (Lipinski definition) is 4. The molecule has 1 spiro atoms. The zero-order valence-corrected chi connectivity index (χ0v) is 30.3. The Hall–Kier alpha value is -7.43. The summed E-state index contributed by atoms with van der Waals surface area (Å²) in [5, 5.41) is 0. The largest absolute Gasteiger partial charge is 0.457 e. The monoisotopic (exact) mass is 715 g/mol. The fourth-order valence-corrected chi connectivity index (χ4v) is 8.72. The Balaban J connectivity index is 1.10. The van der Waals surface area contributed by atoms with Gasteiger partial charge in [-0.05, 0) is 74.8 Å². The van der Waals surface area contributed by atoms with E-state index in [-0.39, 0.29) is 0 Å². The van der Waals surface area contributed by atoms with Gasteiger partial charge in [-0.1, -0.05) is 158 Å². The number of pyridine rings is 1. The van der Waals surface area contributed by atoms with E-state index < -0.39 is 5.41 Å². The number of rotatable bonds is 5. The SMILES string of the molecule is c1ccc(-c2ccc(-c3cc(-c4ccc5c(c4)Oc4cc(-c6ccncc6)ccc4C54c5ccccc5-c5ccccc54)nc(-c4ccccc4)n3)cc2)cc1. The summed E-state index contributed by atoms with van der Waals surface area (Å²) in [6.45, 7) is 0. The zero-order valence-electron chi connectivity index (χ0n) is 30.3. The highest BCUT2D eigenvalue weighted by atomic mass is 16.5. The third-order valence-electron chi connectivity index (χ3n) is 11.3. The van der Waals surface area contributed by atoms with Gasteiger partial charge in [0.15, 0.2) is 5.82 Å². The van der Waals surface area contributed by atoms with Gasteiger partial charge in [-0.25, -0.2) is 9.97 Å². The maximum Gasteiger partial charge on any atom is 0.160 e. The van der Waals surface area contributed by atoms with Gasteiger partial charge in [-0.2, -0.15) is 0 Å². The van der Waals surface area contributed by atoms with Gasteiger partial charge in [0.1, 0.15) is 11.5 Å². The second-order valence-electron chi connectivity index (χ2n) is 14.4. The van der Waals surface area contributed by atoms with Gasteiger partial charge in [0, 0.05) is 40.2 Å². The average Bonchev–Trinajstić information content (AvgIpc) is 3.57. The van der Waals surface area contributed by atoms with Crippen LogP contribution in [0.1, 0.15) is 22.3 Å². The molecular weight excluding hydrogens is 683 g/mol. The Labute approximate surface area is 325 Å². The number of fused-ring (bicyclic) bond motifs is 9. The number of hydrogen-bond donors (Lipinski definition) is 0. The lowest BCUT2D eigenvalue weighted by Gasteiger charge is -2.39. The summed E-state index contributed by atoms with van der Waals surface area (Å²) in [6, 6.07) is 66.4. The molecule has 0 amide bonds. The Morgan fingerprint density at radius 3 is 1.45 bits per heavy atom. The molecule has 1 aliphatic heterocycles. The number of ether oxygens (including phenoxy) is 1. The fourth-order valence-electron chi connectivity index (χ4n) is 8.72. The summed E-state index contributed by atoms with van der Waals surface area (Å²) >= 11 is 0. The first kappa shape index (κ1) is 32.0. The van der Waals surface area contributed by atoms with E-state index in [0.29, 0.717) is 5.82 Å². The van der Waals surface area contributed by atoms with Crippen molar-refractivity contribution >= 4 is 0 Å². The second-order valence-corrected chi connectivity index (χ2v) is 14.4. The first-order chi connectivity index (χ1) is 27.7. The Morgan fingerprint density at radius 2 is 0.804 bits per heavy atom. The lowest BCUT2D eigenvalue weighted by molar-refractivity contribution is 0.437. The van der Waals surface area contributed by atoms with Crippen molar-refractivity contribution in [1.29, 1.82) is 0 Å². The van der Waals surface area contributed by atoms with E-state index in [1.54, 1.807) is 0 Å². The van der Waals surface area contributed by atoms with Crippen LogP contribution in [0.4, 0.5) is 0 Å². The van der Waals surface area contributed by atoms with Gasteiger partial charge in [-0.3, -0.25) is 4.98 Å². The molecule has 262 valence electrons. The Morgan fingerprint density at radius 1 is 0.339 bits per heavy atom. The predicted octanol–water partition coefficient (Wildman–Crippen LogP) is 12.7. The highest BCUT2D eigenvalue weighted by Gasteiger charge is 2.51. The maximum absolute atomic E-state index is 7.04. The summed E-state index contributed by atoms with van der Waals surface area (Å²) in [5.74, 6) is 2.32. The van der Waals surface area contributed by atoms with E-state index >= 15 is 0 Å². The van der Waals surface area contributed by atoms with Crippen LogP contribution >= 0.6 is 0 Å². The molecule has 0 N–H and O–H groups in total. The molecule has 0 saturated carbocycles. The third-order valence-corrected chi connectivity index (χ3v) is 11.3. The average molecular weight is 716 g/mol. The van der Waals surface area contributed by atoms with Crippen molar-refractivity contribution in [3.63, 3.8) is 0 Å². The van der Waals surface area contributed by atoms with Crippen molar-refractivity contribution in [1.82, 2.24) is 15.0 Å². The number of aromatic nitrogens is 3. The standard InChI is InChI=1S/C52H33N3O/c1-3-11-34(12-4-1)35-19-21-37(22-20-35)47-33-48(55-51(54-47)38-13-5-2-6-14-38)40-24-26-46-50(32-40)56-49-31-39(36-27-29-53-30-28-36)23-25-45(49)52(46)43-17-9-7-15-41(43)42-16-8-10-18-44(42)52/h1-33H. The van der Waals surface area contributed by atoms with Gasteiger partial charge in [0.05, 0.1) is 16.8 Å². The molecule has 1 aliphatic carbocycles. The molecule has 9 aromatic rings. The molecule has 2 aromatic heterocycles. The number of nitrogens with zero attached hydrogens (tertiary/aromatic N) is 3. The molecule has 0 bridgehead atoms. The highest BCUT2D eigenvalue weighted by molar-refractivity contribution is 5.89. The quantitative estimate of drug-likeness (QED) is 0.178. The molecule has 0 saturated heterocycles. The summed E-state index contributed by atoms with van der Waals surface area (Å²) in [6.07, 6.45) is 3.67. The summed E-state index contributed by atoms with van der Waals surface area (Å²) in [7, 11) is 0. The fraction of sp³-hybridized carbons (Fsp3) is 0.0192. The molecule has 2 aliphatic rings. The van der Waals surface area contributed by atoms with E-state index in [0.717, 1.165) is 67.4 Å². The molecule has 11 rings (SSSR count). The van der Waals surface area contributed by atoms with Crippen LogP contribution in [-0.2, 0) is 5.41 Å². The Kier molecular flexibility index (Phi) is 7.36. The first-order valence-electron chi connectivity index (χ1n) is 18.9. The third kappa shape index (κ3) is 5.04. The van der Waals surface area contributed by atoms with Crippen LogP contribution in [0, 0.1) is 0 Å². The molecule has 0 unspecified atom stereocenters. The first-order valence-corrected chi connectivity index (χ1v) is 18.9. The van der Waals surface area contributed by atoms with Crippen LogP contribution in [0.25, 0.3) is 67.3 Å². The van der Waals surface area contributed by atoms with Crippen molar-refractivity contribution in [3.05, 3.63) is 223 Å². The van der Waals surface area contributed by atoms with Crippen LogP contribution in [0.3, 0.4) is 0 Å². The minimum absolute atomic E-state index is 0.571. The van der Waals surface area contributed by atoms with E-state index in [1.165, 1.54) is 27.8 Å². The minimum Gasteiger partial charge on any atom is -0.457 e. The van der Waals surface area contributed by atoms with Crippen LogP contribution in [0.15, 0.2) is 200 Å². The molecule has 0 atom stereocenters. The molecule has 0 radical (unpaired) electrons. The van der Waals surface area contributed by atoms with E-state index in [4.69, 9.17) is 14.7 Å². The molecule has 4 heteroatoms. The molecule has 4 nitrogen and oxygen atoms in total. The van der Waals surface area contributed by atoms with Crippen molar-refractivity contribution in [3.8, 4) is 78.8 Å². The van der Waals surface area contributed by atoms with Crippen molar-refractivity contribution < 1.29 is 4.74 Å². The Bertz CT molecular complexity index is 2880. The molecule has 3 heterocycles. The van der Waals surface area contributed by atoms with Crippen molar-refractivity contribution in [2.45, 2.75) is 5.41 Å². The molecule has 56 heavy (non-hydrogen) atoms. The topological polar surface area (TPSA) is 47.9 Å². The van der Waals surface area contributed by atoms with E-state index in [2.05, 4.69) is 157 Å². The van der Waals surface area contributed by atoms with Gasteiger partial charge < -0.3 is 4.74 Å². The number of benzene rings is 7. The lowest BCUT2D eigenvalue weighted by atomic mass is 9.66. The van der Waals surface area contributed by atoms with Crippen LogP contribution in [-0.4, -0.2) is 15.0 Å². The minimum atomic E-state index is -0.571. The molecular formula is C52H33N3O. The van der Waals surface area contributed by atoms with Gasteiger partial charge in [0.2, 0.25) is 0 Å². The van der Waals surface area contributed by atoms with E-state index in [1.807, 2.05) is 48.8 Å². The van der Waals surface area contributed by atoms with Crippen LogP contribution < -0.4 is 4.74 Å². The zero-order chi connectivity index (χ0) is 37.1. The molecule has 7 aromatic carbocycles. The van der Waals surface area contributed by atoms with Gasteiger partial charge >= 0.3 is 0 Å². The predicted molar refractivity (Wildman–Crippen MR) is 224 cm³/mol. The van der Waals surface area contributed by atoms with Crippen molar-refractivity contribution in [2.24, 2.45) is 0 Å². The van der Waals surface area contributed by atoms with Crippen LogP contribution in [0.2, 0.25) is 0 Å². The van der Waals surface area contributed by atoms with Crippen molar-refractivity contribution in [2.75, 3.05) is 0 Å². The van der Waals surface area contributed by atoms with Gasteiger partial charge in [-0.15, -0.1) is 0 Å². The highest BCUT2D eigenvalue weighted by Crippen LogP contribution is 2.62. The maximum atomic E-state index is 7.04. The van der Waals surface area contributed by atoms with Crippen LogP contribution in [0.5, 0.6) is 11.5 Å². The summed E-state index contributed by atoms with van der Waals surface area (Å²) in [4.78, 5) is 14.6. The summed E-state index contributed by atoms with van der Waals surface area (Å²) in [5.41, 5.74) is 15.8.